The van der Waals surface area contributed by atoms with Gasteiger partial charge in [-0.1, -0.05) is 50.2 Å². The molecule has 0 aromatic heterocycles. The van der Waals surface area contributed by atoms with E-state index in [0.717, 1.165) is 23.7 Å². The molecule has 0 aliphatic carbocycles. The Morgan fingerprint density at radius 1 is 1.22 bits per heavy atom. The summed E-state index contributed by atoms with van der Waals surface area (Å²) in [5, 5.41) is 10.4. The van der Waals surface area contributed by atoms with Crippen molar-refractivity contribution in [3.63, 3.8) is 0 Å². The normalized spacial score (nSPS) is 13.7. The number of ether oxygens (including phenoxy) is 1. The van der Waals surface area contributed by atoms with Crippen LogP contribution < -0.4 is 0 Å². The molecule has 0 aromatic rings. The Hall–Kier alpha value is -0.873. The Labute approximate surface area is 112 Å². The third kappa shape index (κ3) is 4.10. The molecule has 0 radical (unpaired) electrons. The molecule has 0 aliphatic heterocycles. The topological polar surface area (TPSA) is 46.5 Å². The van der Waals surface area contributed by atoms with Crippen LogP contribution in [0.1, 0.15) is 27.7 Å². The molecule has 0 heterocycles. The van der Waals surface area contributed by atoms with Crippen LogP contribution in [0.5, 0.6) is 0 Å². The minimum atomic E-state index is -1.59. The van der Waals surface area contributed by atoms with Crippen LogP contribution in [0.2, 0.25) is 18.1 Å². The van der Waals surface area contributed by atoms with E-state index in [-0.39, 0.29) is 12.6 Å². The van der Waals surface area contributed by atoms with Crippen molar-refractivity contribution >= 4 is 14.0 Å². The average molecular weight is 270 g/mol. The number of allylic oxidation sites excluding steroid dienone is 2. The standard InChI is InChI=1S/C14H26O3Si/c1-6-18(7-2,8-3)13(9-10-15)12(4)11-14(16)17-5/h9,11,15H,6-8,10H2,1-5H3/b12-11+,13-9+. The van der Waals surface area contributed by atoms with Crippen molar-refractivity contribution in [3.8, 4) is 0 Å². The predicted molar refractivity (Wildman–Crippen MR) is 78.1 cm³/mol. The fourth-order valence-electron chi connectivity index (χ4n) is 2.52. The summed E-state index contributed by atoms with van der Waals surface area (Å²) in [6, 6.07) is 3.37. The smallest absolute Gasteiger partial charge is 0.330 e. The van der Waals surface area contributed by atoms with E-state index in [0.29, 0.717) is 0 Å². The zero-order valence-electron chi connectivity index (χ0n) is 12.2. The summed E-state index contributed by atoms with van der Waals surface area (Å²) in [5.41, 5.74) is 0.938. The number of rotatable bonds is 7. The third-order valence-corrected chi connectivity index (χ3v) is 9.66. The lowest BCUT2D eigenvalue weighted by Gasteiger charge is -2.32. The van der Waals surface area contributed by atoms with Crippen LogP contribution in [0.3, 0.4) is 0 Å². The SMILES string of the molecule is CC[Si](CC)(CC)C(=C/CO)/C(C)=C/C(=O)OC. The summed E-state index contributed by atoms with van der Waals surface area (Å²) < 4.78 is 4.67. The maximum absolute atomic E-state index is 11.3. The molecule has 0 rings (SSSR count). The van der Waals surface area contributed by atoms with Gasteiger partial charge in [-0.3, -0.25) is 0 Å². The van der Waals surface area contributed by atoms with Crippen LogP contribution in [0, 0.1) is 0 Å². The van der Waals surface area contributed by atoms with Gasteiger partial charge in [0.1, 0.15) is 0 Å². The summed E-state index contributed by atoms with van der Waals surface area (Å²) in [5.74, 6) is -0.331. The summed E-state index contributed by atoms with van der Waals surface area (Å²) >= 11 is 0. The first-order valence-corrected chi connectivity index (χ1v) is 9.21. The molecule has 0 unspecified atom stereocenters. The van der Waals surface area contributed by atoms with Gasteiger partial charge in [-0.25, -0.2) is 4.79 Å². The number of hydrogen-bond donors (Lipinski definition) is 1. The summed E-state index contributed by atoms with van der Waals surface area (Å²) in [6.45, 7) is 8.57. The Kier molecular flexibility index (Phi) is 7.87. The molecule has 0 saturated carbocycles. The van der Waals surface area contributed by atoms with Gasteiger partial charge in [0.05, 0.1) is 21.8 Å². The molecular formula is C14H26O3Si. The first-order chi connectivity index (χ1) is 8.51. The van der Waals surface area contributed by atoms with Crippen molar-refractivity contribution in [1.29, 1.82) is 0 Å². The molecule has 1 N–H and O–H groups in total. The second-order valence-corrected chi connectivity index (χ2v) is 9.71. The third-order valence-electron chi connectivity index (χ3n) is 3.86. The van der Waals surface area contributed by atoms with Gasteiger partial charge in [-0.05, 0) is 12.5 Å². The van der Waals surface area contributed by atoms with E-state index in [4.69, 9.17) is 0 Å². The fraction of sp³-hybridized carbons (Fsp3) is 0.643. The quantitative estimate of drug-likeness (QED) is 0.335. The van der Waals surface area contributed by atoms with Gasteiger partial charge in [0, 0.05) is 6.08 Å². The molecule has 0 fully saturated rings. The van der Waals surface area contributed by atoms with Gasteiger partial charge in [-0.2, -0.15) is 0 Å². The van der Waals surface area contributed by atoms with Crippen LogP contribution in [0.15, 0.2) is 22.9 Å². The lowest BCUT2D eigenvalue weighted by atomic mass is 10.2. The molecule has 0 aliphatic rings. The molecule has 0 spiro atoms. The van der Waals surface area contributed by atoms with E-state index < -0.39 is 8.07 Å². The van der Waals surface area contributed by atoms with Gasteiger partial charge >= 0.3 is 5.97 Å². The van der Waals surface area contributed by atoms with E-state index in [1.807, 2.05) is 13.0 Å². The molecular weight excluding hydrogens is 244 g/mol. The molecule has 3 nitrogen and oxygen atoms in total. The zero-order valence-corrected chi connectivity index (χ0v) is 13.2. The van der Waals surface area contributed by atoms with Crippen molar-refractivity contribution < 1.29 is 14.6 Å². The molecule has 0 amide bonds. The maximum atomic E-state index is 11.3. The van der Waals surface area contributed by atoms with Crippen molar-refractivity contribution in [2.24, 2.45) is 0 Å². The number of hydrogen-bond acceptors (Lipinski definition) is 3. The number of esters is 1. The van der Waals surface area contributed by atoms with Crippen molar-refractivity contribution in [2.45, 2.75) is 45.8 Å². The Bertz CT molecular complexity index is 320. The van der Waals surface area contributed by atoms with E-state index >= 15 is 0 Å². The number of aliphatic hydroxyl groups excluding tert-OH is 1. The average Bonchev–Trinajstić information content (AvgIpc) is 2.39. The van der Waals surface area contributed by atoms with Crippen LogP contribution in [-0.4, -0.2) is 32.9 Å². The molecule has 0 aromatic carbocycles. The second kappa shape index (κ2) is 8.27. The van der Waals surface area contributed by atoms with Crippen LogP contribution in [0.4, 0.5) is 0 Å². The lowest BCUT2D eigenvalue weighted by Crippen LogP contribution is -2.35. The van der Waals surface area contributed by atoms with E-state index in [1.54, 1.807) is 0 Å². The highest BCUT2D eigenvalue weighted by molar-refractivity contribution is 6.87. The highest BCUT2D eigenvalue weighted by Crippen LogP contribution is 2.32. The Morgan fingerprint density at radius 2 is 1.72 bits per heavy atom. The van der Waals surface area contributed by atoms with Gasteiger partial charge in [0.2, 0.25) is 0 Å². The molecule has 0 saturated heterocycles. The summed E-state index contributed by atoms with van der Waals surface area (Å²) in [7, 11) is -0.205. The second-order valence-electron chi connectivity index (χ2n) is 4.49. The number of carbonyl (C=O) groups excluding carboxylic acids is 1. The van der Waals surface area contributed by atoms with Gasteiger partial charge in [-0.15, -0.1) is 0 Å². The van der Waals surface area contributed by atoms with Crippen LogP contribution >= 0.6 is 0 Å². The minimum Gasteiger partial charge on any atom is -0.466 e. The van der Waals surface area contributed by atoms with E-state index in [9.17, 15) is 9.90 Å². The minimum absolute atomic E-state index is 0.0242. The highest BCUT2D eigenvalue weighted by atomic mass is 28.3. The lowest BCUT2D eigenvalue weighted by molar-refractivity contribution is -0.134. The summed E-state index contributed by atoms with van der Waals surface area (Å²) in [6.07, 6.45) is 3.40. The molecule has 4 heteroatoms. The maximum Gasteiger partial charge on any atom is 0.330 e. The monoisotopic (exact) mass is 270 g/mol. The first-order valence-electron chi connectivity index (χ1n) is 6.59. The van der Waals surface area contributed by atoms with Gasteiger partial charge < -0.3 is 9.84 Å². The number of aliphatic hydroxyl groups is 1. The largest absolute Gasteiger partial charge is 0.466 e. The van der Waals surface area contributed by atoms with Gasteiger partial charge in [0.25, 0.3) is 0 Å². The van der Waals surface area contributed by atoms with Crippen LogP contribution in [-0.2, 0) is 9.53 Å². The molecule has 18 heavy (non-hydrogen) atoms. The highest BCUT2D eigenvalue weighted by Gasteiger charge is 2.32. The molecule has 0 atom stereocenters. The molecule has 104 valence electrons. The van der Waals surface area contributed by atoms with E-state index in [2.05, 4.69) is 25.5 Å². The first kappa shape index (κ1) is 17.1. The zero-order chi connectivity index (χ0) is 14.2. The number of carbonyl (C=O) groups is 1. The van der Waals surface area contributed by atoms with Gasteiger partial charge in [0.15, 0.2) is 0 Å². The molecule has 0 bridgehead atoms. The van der Waals surface area contributed by atoms with Crippen molar-refractivity contribution in [3.05, 3.63) is 22.9 Å². The Morgan fingerprint density at radius 3 is 2.06 bits per heavy atom. The van der Waals surface area contributed by atoms with E-state index in [1.165, 1.54) is 18.4 Å². The predicted octanol–water partition coefficient (Wildman–Crippen LogP) is 3.07. The van der Waals surface area contributed by atoms with Crippen molar-refractivity contribution in [1.82, 2.24) is 0 Å². The number of methoxy groups -OCH3 is 1. The van der Waals surface area contributed by atoms with Crippen LogP contribution in [0.25, 0.3) is 0 Å². The summed E-state index contributed by atoms with van der Waals surface area (Å²) in [4.78, 5) is 11.3. The fourth-order valence-corrected chi connectivity index (χ4v) is 6.60. The Balaban J connectivity index is 5.50. The van der Waals surface area contributed by atoms with Crippen molar-refractivity contribution in [2.75, 3.05) is 13.7 Å².